The van der Waals surface area contributed by atoms with Crippen LogP contribution in [0.25, 0.3) is 5.52 Å². The van der Waals surface area contributed by atoms with Gasteiger partial charge in [-0.25, -0.2) is 4.98 Å². The Bertz CT molecular complexity index is 796. The van der Waals surface area contributed by atoms with Crippen molar-refractivity contribution in [3.63, 3.8) is 0 Å². The second-order valence-electron chi connectivity index (χ2n) is 7.00. The van der Waals surface area contributed by atoms with E-state index < -0.39 is 0 Å². The molecular weight excluding hydrogens is 346 g/mol. The summed E-state index contributed by atoms with van der Waals surface area (Å²) < 4.78 is 7.19. The van der Waals surface area contributed by atoms with Crippen LogP contribution in [0.15, 0.2) is 24.4 Å². The fourth-order valence-corrected chi connectivity index (χ4v) is 3.14. The van der Waals surface area contributed by atoms with E-state index in [2.05, 4.69) is 20.5 Å². The zero-order chi connectivity index (χ0) is 19.2. The van der Waals surface area contributed by atoms with Crippen molar-refractivity contribution in [1.82, 2.24) is 24.9 Å². The molecular formula is C19H27N5O3. The van der Waals surface area contributed by atoms with Crippen molar-refractivity contribution >= 4 is 17.3 Å². The minimum Gasteiger partial charge on any atom is -0.376 e. The predicted octanol–water partition coefficient (Wildman–Crippen LogP) is 0.925. The minimum absolute atomic E-state index is 0.0577. The number of nitrogens with zero attached hydrogens (tertiary/aromatic N) is 3. The summed E-state index contributed by atoms with van der Waals surface area (Å²) in [5, 5.41) is 5.75. The monoisotopic (exact) mass is 373 g/mol. The number of aromatic nitrogens is 2. The van der Waals surface area contributed by atoms with E-state index in [1.807, 2.05) is 26.2 Å². The first kappa shape index (κ1) is 19.3. The average molecular weight is 373 g/mol. The lowest BCUT2D eigenvalue weighted by Crippen LogP contribution is -2.32. The van der Waals surface area contributed by atoms with E-state index in [9.17, 15) is 9.59 Å². The second-order valence-corrected chi connectivity index (χ2v) is 7.00. The first-order valence-electron chi connectivity index (χ1n) is 9.36. The molecule has 1 fully saturated rings. The van der Waals surface area contributed by atoms with Gasteiger partial charge >= 0.3 is 0 Å². The molecule has 0 spiro atoms. The van der Waals surface area contributed by atoms with Crippen LogP contribution in [0.1, 0.15) is 40.4 Å². The van der Waals surface area contributed by atoms with Crippen LogP contribution in [0.2, 0.25) is 0 Å². The molecule has 2 N–H and O–H groups in total. The summed E-state index contributed by atoms with van der Waals surface area (Å²) in [6.45, 7) is 2.64. The number of carbonyl (C=O) groups is 2. The summed E-state index contributed by atoms with van der Waals surface area (Å²) in [5.74, 6) is -0.355. The fraction of sp³-hybridized carbons (Fsp3) is 0.526. The van der Waals surface area contributed by atoms with Crippen LogP contribution in [0, 0.1) is 0 Å². The van der Waals surface area contributed by atoms with Gasteiger partial charge in [-0.1, -0.05) is 6.07 Å². The summed E-state index contributed by atoms with van der Waals surface area (Å²) in [7, 11) is 3.98. The quantitative estimate of drug-likeness (QED) is 0.672. The molecule has 1 aliphatic heterocycles. The Hall–Kier alpha value is -2.45. The number of rotatable bonds is 8. The van der Waals surface area contributed by atoms with Crippen molar-refractivity contribution in [1.29, 1.82) is 0 Å². The van der Waals surface area contributed by atoms with E-state index in [0.29, 0.717) is 18.6 Å². The Morgan fingerprint density at radius 3 is 2.89 bits per heavy atom. The highest BCUT2D eigenvalue weighted by molar-refractivity contribution is 6.02. The summed E-state index contributed by atoms with van der Waals surface area (Å²) in [6, 6.07) is 5.43. The third-order valence-electron chi connectivity index (χ3n) is 4.55. The molecule has 2 aromatic rings. The first-order valence-corrected chi connectivity index (χ1v) is 9.36. The molecule has 146 valence electrons. The molecule has 2 aromatic heterocycles. The number of imidazole rings is 1. The molecule has 2 amide bonds. The average Bonchev–Trinajstić information content (AvgIpc) is 3.30. The van der Waals surface area contributed by atoms with Gasteiger partial charge in [0.2, 0.25) is 5.82 Å². The second kappa shape index (κ2) is 8.96. The Morgan fingerprint density at radius 2 is 2.15 bits per heavy atom. The molecule has 1 aliphatic rings. The topological polar surface area (TPSA) is 88.0 Å². The van der Waals surface area contributed by atoms with E-state index in [4.69, 9.17) is 4.74 Å². The molecule has 27 heavy (non-hydrogen) atoms. The van der Waals surface area contributed by atoms with Crippen LogP contribution in [0.3, 0.4) is 0 Å². The lowest BCUT2D eigenvalue weighted by molar-refractivity contribution is 0.0855. The fourth-order valence-electron chi connectivity index (χ4n) is 3.14. The van der Waals surface area contributed by atoms with Gasteiger partial charge in [0.25, 0.3) is 11.8 Å². The molecule has 3 rings (SSSR count). The number of carbonyl (C=O) groups excluding carboxylic acids is 2. The predicted molar refractivity (Wildman–Crippen MR) is 102 cm³/mol. The Balaban J connectivity index is 1.70. The molecule has 0 aromatic carbocycles. The van der Waals surface area contributed by atoms with Crippen LogP contribution in [0.4, 0.5) is 0 Å². The number of amides is 2. The van der Waals surface area contributed by atoms with Crippen LogP contribution in [-0.4, -0.2) is 72.5 Å². The number of nitrogens with one attached hydrogen (secondary N) is 2. The van der Waals surface area contributed by atoms with Gasteiger partial charge in [-0.2, -0.15) is 0 Å². The number of fused-ring (bicyclic) bond motifs is 1. The number of hydrogen-bond donors (Lipinski definition) is 2. The van der Waals surface area contributed by atoms with Gasteiger partial charge in [0, 0.05) is 25.9 Å². The third-order valence-corrected chi connectivity index (χ3v) is 4.55. The smallest absolute Gasteiger partial charge is 0.287 e. The largest absolute Gasteiger partial charge is 0.376 e. The van der Waals surface area contributed by atoms with E-state index >= 15 is 0 Å². The van der Waals surface area contributed by atoms with Crippen molar-refractivity contribution in [2.75, 3.05) is 40.3 Å². The molecule has 0 radical (unpaired) electrons. The molecule has 0 aliphatic carbocycles. The van der Waals surface area contributed by atoms with Crippen molar-refractivity contribution in [2.24, 2.45) is 0 Å². The van der Waals surface area contributed by atoms with Gasteiger partial charge in [0.1, 0.15) is 0 Å². The molecule has 1 saturated heterocycles. The van der Waals surface area contributed by atoms with Crippen LogP contribution >= 0.6 is 0 Å². The zero-order valence-corrected chi connectivity index (χ0v) is 15.9. The molecule has 8 nitrogen and oxygen atoms in total. The molecule has 0 saturated carbocycles. The number of pyridine rings is 1. The van der Waals surface area contributed by atoms with Gasteiger partial charge < -0.3 is 20.3 Å². The lowest BCUT2D eigenvalue weighted by Gasteiger charge is -2.09. The minimum atomic E-state index is -0.291. The standard InChI is InChI=1S/C19H27N5O3/c1-23(2)10-6-9-20-19(26)17-22-16(15-8-3-4-11-24(15)17)18(25)21-13-14-7-5-12-27-14/h3-4,8,11,14H,5-7,9-10,12-13H2,1-2H3,(H,20,26)(H,21,25). The molecule has 0 bridgehead atoms. The van der Waals surface area contributed by atoms with Gasteiger partial charge in [-0.05, 0) is 52.0 Å². The first-order chi connectivity index (χ1) is 13.1. The van der Waals surface area contributed by atoms with Crippen molar-refractivity contribution in [3.05, 3.63) is 35.9 Å². The highest BCUT2D eigenvalue weighted by Gasteiger charge is 2.22. The van der Waals surface area contributed by atoms with Gasteiger partial charge in [-0.15, -0.1) is 0 Å². The van der Waals surface area contributed by atoms with Crippen molar-refractivity contribution in [2.45, 2.75) is 25.4 Å². The maximum Gasteiger partial charge on any atom is 0.287 e. The third kappa shape index (κ3) is 4.84. The zero-order valence-electron chi connectivity index (χ0n) is 15.9. The van der Waals surface area contributed by atoms with E-state index in [-0.39, 0.29) is 29.4 Å². The van der Waals surface area contributed by atoms with Crippen molar-refractivity contribution < 1.29 is 14.3 Å². The number of ether oxygens (including phenoxy) is 1. The Morgan fingerprint density at radius 1 is 1.30 bits per heavy atom. The van der Waals surface area contributed by atoms with E-state index in [0.717, 1.165) is 32.4 Å². The molecule has 3 heterocycles. The SMILES string of the molecule is CN(C)CCCNC(=O)c1nc(C(=O)NCC2CCCO2)c2ccccn12. The lowest BCUT2D eigenvalue weighted by atomic mass is 10.2. The highest BCUT2D eigenvalue weighted by Crippen LogP contribution is 2.14. The van der Waals surface area contributed by atoms with Gasteiger partial charge in [0.15, 0.2) is 5.69 Å². The van der Waals surface area contributed by atoms with Gasteiger partial charge in [-0.3, -0.25) is 14.0 Å². The summed E-state index contributed by atoms with van der Waals surface area (Å²) in [4.78, 5) is 31.6. The van der Waals surface area contributed by atoms with Crippen LogP contribution < -0.4 is 10.6 Å². The Kier molecular flexibility index (Phi) is 6.41. The van der Waals surface area contributed by atoms with Crippen LogP contribution in [0.5, 0.6) is 0 Å². The molecule has 1 atom stereocenters. The van der Waals surface area contributed by atoms with Crippen LogP contribution in [-0.2, 0) is 4.74 Å². The highest BCUT2D eigenvalue weighted by atomic mass is 16.5. The maximum atomic E-state index is 12.6. The van der Waals surface area contributed by atoms with E-state index in [1.165, 1.54) is 0 Å². The number of hydrogen-bond acceptors (Lipinski definition) is 5. The van der Waals surface area contributed by atoms with E-state index in [1.54, 1.807) is 16.7 Å². The summed E-state index contributed by atoms with van der Waals surface area (Å²) in [5.41, 5.74) is 0.868. The Labute approximate surface area is 158 Å². The molecule has 8 heteroatoms. The maximum absolute atomic E-state index is 12.6. The summed E-state index contributed by atoms with van der Waals surface area (Å²) >= 11 is 0. The summed E-state index contributed by atoms with van der Waals surface area (Å²) in [6.07, 6.45) is 4.61. The normalized spacial score (nSPS) is 16.8. The van der Waals surface area contributed by atoms with Crippen molar-refractivity contribution in [3.8, 4) is 0 Å². The van der Waals surface area contributed by atoms with Gasteiger partial charge in [0.05, 0.1) is 11.6 Å². The molecule has 1 unspecified atom stereocenters.